The van der Waals surface area contributed by atoms with E-state index in [-0.39, 0.29) is 54.5 Å². The van der Waals surface area contributed by atoms with E-state index in [2.05, 4.69) is 232 Å². The van der Waals surface area contributed by atoms with Crippen LogP contribution in [0, 0.1) is 67.4 Å². The Kier molecular flexibility index (Phi) is 34.5. The number of ether oxygens (including phenoxy) is 3. The Morgan fingerprint density at radius 1 is 0.356 bits per heavy atom. The fourth-order valence-corrected chi connectivity index (χ4v) is 25.1. The summed E-state index contributed by atoms with van der Waals surface area (Å²) in [4.78, 5) is 74.2. The summed E-state index contributed by atoms with van der Waals surface area (Å²) in [5.74, 6) is -4.17. The number of anilines is 9. The standard InChI is InChI=1S/C111H144F6N21O10P/c1-103(2,3)109(104(4,5)6,64-136(73-31-19-20-32-73)49-28-52-143-76-43-46-79-88(61-76)118-67-121-100(79)127-91-55-70(130-133-91)58-94(139)124-85-40-25-37-82(112)97(85)115)146-149(142,147-110(105(7,8)9,106(10,11)12)65-137(74-33-21-22-34-74)50-29-53-144-77-44-47-80-89(62-77)119-68-122-101(80)128-92-56-71(131-134-92)59-95(140)125-86-41-26-38-83(113)98(86)116)148-111(107(13,14)15,108(16,17)18)66-138(75-35-23-24-36-75)51-30-54-145-78-45-48-81-90(63-78)120-69-123-102(81)129-93-57-72(132-135-93)60-96(141)126-87-42-27-39-84(114)99(87)117/h25-27,37-48,55-57,61-63,67-69,73-75H,19-24,28-36,49-54,58-60,64-66H2,1-18H3,(H,124,139)(H,125,140)(H,126,141)(H2,118,121,127,130,133)(H2,119,122,128,131,134)(H2,120,123,129,132,135). The predicted octanol–water partition coefficient (Wildman–Crippen LogP) is 24.4. The summed E-state index contributed by atoms with van der Waals surface area (Å²) >= 11 is 0. The maximum atomic E-state index is 19.3. The number of fused-ring (bicyclic) bond motifs is 3. The fraction of sp³-hybridized carbons (Fsp3) is 0.514. The van der Waals surface area contributed by atoms with Crippen LogP contribution < -0.4 is 46.1 Å². The molecule has 149 heavy (non-hydrogen) atoms. The number of aromatic nitrogens is 12. The number of phosphoric ester groups is 1. The van der Waals surface area contributed by atoms with E-state index in [4.69, 9.17) is 27.8 Å². The molecule has 9 N–H and O–H groups in total. The number of phosphoric acid groups is 1. The Hall–Kier alpha value is -12.3. The second-order valence-electron chi connectivity index (χ2n) is 45.9. The lowest BCUT2D eigenvalue weighted by atomic mass is 9.62. The lowest BCUT2D eigenvalue weighted by Gasteiger charge is -2.61. The molecule has 3 aliphatic rings. The molecule has 0 unspecified atom stereocenters. The van der Waals surface area contributed by atoms with Crippen LogP contribution in [0.1, 0.15) is 238 Å². The number of amides is 3. The van der Waals surface area contributed by atoms with Crippen molar-refractivity contribution in [3.8, 4) is 17.2 Å². The number of benzene rings is 6. The van der Waals surface area contributed by atoms with Gasteiger partial charge >= 0.3 is 7.82 Å². The van der Waals surface area contributed by atoms with Gasteiger partial charge in [-0.05, 0) is 163 Å². The molecule has 12 aromatic rings. The zero-order valence-electron chi connectivity index (χ0n) is 88.8. The predicted molar refractivity (Wildman–Crippen MR) is 568 cm³/mol. The highest BCUT2D eigenvalue weighted by Gasteiger charge is 2.67. The Labute approximate surface area is 868 Å². The molecule has 3 fully saturated rings. The lowest BCUT2D eigenvalue weighted by Crippen LogP contribution is -2.66. The van der Waals surface area contributed by atoms with Crippen molar-refractivity contribution in [3.63, 3.8) is 0 Å². The molecule has 15 rings (SSSR count). The number of hydrogen-bond acceptors (Lipinski definition) is 25. The Balaban J connectivity index is 0.709. The number of rotatable bonds is 45. The molecule has 0 atom stereocenters. The molecule has 6 aromatic heterocycles. The molecule has 800 valence electrons. The molecular weight excluding hydrogens is 1930 g/mol. The number of H-pyrrole nitrogens is 3. The van der Waals surface area contributed by atoms with Gasteiger partial charge in [-0.15, -0.1) is 0 Å². The van der Waals surface area contributed by atoms with Gasteiger partial charge in [0.15, 0.2) is 52.4 Å². The van der Waals surface area contributed by atoms with Crippen molar-refractivity contribution in [1.82, 2.24) is 75.2 Å². The van der Waals surface area contributed by atoms with Crippen LogP contribution >= 0.6 is 7.82 Å². The van der Waals surface area contributed by atoms with Crippen LogP contribution in [0.2, 0.25) is 0 Å². The highest BCUT2D eigenvalue weighted by Crippen LogP contribution is 2.70. The first-order valence-corrected chi connectivity index (χ1v) is 53.2. The molecule has 6 aromatic carbocycles. The van der Waals surface area contributed by atoms with Crippen LogP contribution in [-0.4, -0.2) is 187 Å². The number of carbonyl (C=O) groups excluding carboxylic acids is 3. The van der Waals surface area contributed by atoms with Crippen LogP contribution in [0.4, 0.5) is 78.3 Å². The van der Waals surface area contributed by atoms with Gasteiger partial charge in [0.05, 0.1) is 72.7 Å². The molecule has 3 aliphatic carbocycles. The molecule has 0 saturated heterocycles. The van der Waals surface area contributed by atoms with Crippen molar-refractivity contribution in [1.29, 1.82) is 0 Å². The average molecular weight is 2080 g/mol. The Morgan fingerprint density at radius 2 is 0.611 bits per heavy atom. The van der Waals surface area contributed by atoms with E-state index < -0.39 is 110 Å². The first-order valence-electron chi connectivity index (χ1n) is 51.8. The van der Waals surface area contributed by atoms with E-state index in [0.29, 0.717) is 180 Å². The van der Waals surface area contributed by atoms with Gasteiger partial charge in [-0.2, -0.15) is 15.3 Å². The van der Waals surface area contributed by atoms with Crippen molar-refractivity contribution in [3.05, 3.63) is 198 Å². The summed E-state index contributed by atoms with van der Waals surface area (Å²) < 4.78 is 150. The molecule has 3 saturated carbocycles. The van der Waals surface area contributed by atoms with Gasteiger partial charge in [0.25, 0.3) is 0 Å². The quantitative estimate of drug-likeness (QED) is 0.00972. The first kappa shape index (κ1) is 111. The van der Waals surface area contributed by atoms with Crippen LogP contribution in [0.3, 0.4) is 0 Å². The molecule has 0 radical (unpaired) electrons. The van der Waals surface area contributed by atoms with E-state index >= 15 is 4.57 Å². The van der Waals surface area contributed by atoms with Crippen molar-refractivity contribution in [2.75, 3.05) is 91.0 Å². The molecule has 38 heteroatoms. The molecule has 31 nitrogen and oxygen atoms in total. The largest absolute Gasteiger partial charge is 0.493 e. The van der Waals surface area contributed by atoms with Gasteiger partial charge in [-0.3, -0.25) is 58.0 Å². The Bertz CT molecular complexity index is 6040. The molecule has 3 amide bonds. The summed E-state index contributed by atoms with van der Waals surface area (Å²) in [5, 5.41) is 40.6. The van der Waals surface area contributed by atoms with Crippen LogP contribution in [0.15, 0.2) is 146 Å². The number of nitrogens with one attached hydrogen (secondary N) is 9. The second kappa shape index (κ2) is 46.3. The van der Waals surface area contributed by atoms with E-state index in [1.54, 1.807) is 18.2 Å². The topological polar surface area (TPSA) is 369 Å². The molecule has 0 bridgehead atoms. The Morgan fingerprint density at radius 3 is 0.859 bits per heavy atom. The van der Waals surface area contributed by atoms with E-state index in [1.807, 2.05) is 54.6 Å². The van der Waals surface area contributed by atoms with Crippen LogP contribution in [0.5, 0.6) is 17.2 Å². The average Bonchev–Trinajstić information content (AvgIpc) is 1.25. The third-order valence-electron chi connectivity index (χ3n) is 29.6. The van der Waals surface area contributed by atoms with Crippen molar-refractivity contribution < 1.29 is 73.1 Å². The summed E-state index contributed by atoms with van der Waals surface area (Å²) in [6.07, 6.45) is 17.4. The highest BCUT2D eigenvalue weighted by atomic mass is 31.2. The number of hydrogen-bond donors (Lipinski definition) is 9. The van der Waals surface area contributed by atoms with Crippen molar-refractivity contribution in [2.45, 2.75) is 275 Å². The lowest BCUT2D eigenvalue weighted by molar-refractivity contribution is -0.215. The smallest absolute Gasteiger partial charge is 0.476 e. The minimum Gasteiger partial charge on any atom is -0.493 e. The normalized spacial score (nSPS) is 14.8. The van der Waals surface area contributed by atoms with E-state index in [1.165, 1.54) is 55.4 Å². The third kappa shape index (κ3) is 26.5. The zero-order valence-corrected chi connectivity index (χ0v) is 89.7. The zero-order chi connectivity index (χ0) is 107. The van der Waals surface area contributed by atoms with Crippen LogP contribution in [0.25, 0.3) is 32.7 Å². The van der Waals surface area contributed by atoms with Gasteiger partial charge in [-0.25, -0.2) is 60.8 Å². The summed E-state index contributed by atoms with van der Waals surface area (Å²) in [6.45, 7) is 43.6. The molecule has 0 spiro atoms. The van der Waals surface area contributed by atoms with Gasteiger partial charge < -0.3 is 46.1 Å². The van der Waals surface area contributed by atoms with Gasteiger partial charge in [0.1, 0.15) is 70.5 Å². The minimum atomic E-state index is -5.14. The minimum absolute atomic E-state index is 0.132. The number of halogens is 6. The van der Waals surface area contributed by atoms with Crippen LogP contribution in [-0.2, 0) is 51.8 Å². The van der Waals surface area contributed by atoms with Crippen molar-refractivity contribution >= 4 is 110 Å². The highest BCUT2D eigenvalue weighted by molar-refractivity contribution is 7.48. The fourth-order valence-electron chi connectivity index (χ4n) is 22.0. The number of nitrogens with zero attached hydrogens (tertiary/aromatic N) is 12. The SMILES string of the molecule is CC(C)(C)C(CN(CCCOc1ccc2c(Nc3cc(CC(=O)Nc4cccc(F)c4F)[nH]n3)ncnc2c1)C1CCCC1)(OP(=O)(OC(CN(CCCOc1ccc2c(Nc3cc(CC(=O)Nc4cccc(F)c4F)[nH]n3)ncnc2c1)C1CCCC1)(C(C)(C)C)C(C)(C)C)OC(CN(CCCOc1ccc2c(Nc3cc(CC(=O)Nc4cccc(F)c4F)[nH]n3)ncnc2c1)C1CCCC1)(C(C)(C)C)C(C)(C)C)C(C)(C)C. The van der Waals surface area contributed by atoms with Gasteiger partial charge in [-0.1, -0.05) is 181 Å². The summed E-state index contributed by atoms with van der Waals surface area (Å²) in [5.41, 5.74) is -6.46. The van der Waals surface area contributed by atoms with E-state index in [9.17, 15) is 40.7 Å². The number of carbonyl (C=O) groups is 3. The monoisotopic (exact) mass is 2080 g/mol. The molecule has 6 heterocycles. The number of aromatic amines is 3. The maximum absolute atomic E-state index is 19.3. The third-order valence-corrected chi connectivity index (χ3v) is 31.2. The van der Waals surface area contributed by atoms with E-state index in [0.717, 1.165) is 95.2 Å². The van der Waals surface area contributed by atoms with Crippen molar-refractivity contribution in [2.24, 2.45) is 32.5 Å². The maximum Gasteiger partial charge on any atom is 0.476 e. The molecule has 0 aliphatic heterocycles. The summed E-state index contributed by atoms with van der Waals surface area (Å²) in [7, 11) is -5.14. The summed E-state index contributed by atoms with van der Waals surface area (Å²) in [6, 6.07) is 32.9. The molecular formula is C111H144F6N21O10P. The van der Waals surface area contributed by atoms with Gasteiger partial charge in [0.2, 0.25) is 17.7 Å². The first-order chi connectivity index (χ1) is 70.5. The van der Waals surface area contributed by atoms with Gasteiger partial charge in [0, 0.05) is 127 Å². The second-order valence-corrected chi connectivity index (χ2v) is 47.4.